The molecule has 0 amide bonds. The van der Waals surface area contributed by atoms with Gasteiger partial charge in [-0.2, -0.15) is 0 Å². The molecule has 0 radical (unpaired) electrons. The molecule has 4 nitrogen and oxygen atoms in total. The summed E-state index contributed by atoms with van der Waals surface area (Å²) >= 11 is 1.69. The highest BCUT2D eigenvalue weighted by atomic mass is 32.1. The van der Waals surface area contributed by atoms with Crippen LogP contribution in [0.2, 0.25) is 0 Å². The second-order valence-electron chi connectivity index (χ2n) is 4.07. The van der Waals surface area contributed by atoms with E-state index in [4.69, 9.17) is 11.1 Å². The summed E-state index contributed by atoms with van der Waals surface area (Å²) in [5.41, 5.74) is 6.56. The molecule has 1 atom stereocenters. The number of amidine groups is 1. The predicted molar refractivity (Wildman–Crippen MR) is 68.9 cm³/mol. The lowest BCUT2D eigenvalue weighted by molar-refractivity contribution is 0.262. The van der Waals surface area contributed by atoms with Gasteiger partial charge in [0.2, 0.25) is 0 Å². The maximum atomic E-state index is 7.39. The minimum absolute atomic E-state index is 0.112. The van der Waals surface area contributed by atoms with E-state index >= 15 is 0 Å². The Morgan fingerprint density at radius 3 is 2.81 bits per heavy atom. The first-order chi connectivity index (χ1) is 7.52. The van der Waals surface area contributed by atoms with E-state index in [2.05, 4.69) is 22.2 Å². The number of nitrogens with two attached hydrogens (primary N) is 1. The SMILES string of the molecule is CCN(Cc1nc(C)cs1)CC(C)C(=N)N. The summed E-state index contributed by atoms with van der Waals surface area (Å²) in [4.78, 5) is 6.71. The number of hydrogen-bond acceptors (Lipinski definition) is 4. The quantitative estimate of drug-likeness (QED) is 0.589. The summed E-state index contributed by atoms with van der Waals surface area (Å²) in [6, 6.07) is 0. The molecular weight excluding hydrogens is 220 g/mol. The lowest BCUT2D eigenvalue weighted by atomic mass is 10.1. The fourth-order valence-electron chi connectivity index (χ4n) is 1.46. The van der Waals surface area contributed by atoms with Crippen molar-refractivity contribution in [2.75, 3.05) is 13.1 Å². The number of nitrogens with one attached hydrogen (secondary N) is 1. The second-order valence-corrected chi connectivity index (χ2v) is 5.01. The van der Waals surface area contributed by atoms with E-state index in [0.29, 0.717) is 0 Å². The predicted octanol–water partition coefficient (Wildman–Crippen LogP) is 1.85. The summed E-state index contributed by atoms with van der Waals surface area (Å²) in [6.45, 7) is 8.74. The maximum Gasteiger partial charge on any atom is 0.107 e. The number of rotatable bonds is 6. The number of nitrogens with zero attached hydrogens (tertiary/aromatic N) is 2. The van der Waals surface area contributed by atoms with Crippen molar-refractivity contribution < 1.29 is 0 Å². The summed E-state index contributed by atoms with van der Waals surface area (Å²) in [5.74, 6) is 0.370. The monoisotopic (exact) mass is 240 g/mol. The van der Waals surface area contributed by atoms with Crippen molar-refractivity contribution in [3.8, 4) is 0 Å². The van der Waals surface area contributed by atoms with Gasteiger partial charge in [0.25, 0.3) is 0 Å². The number of thiazole rings is 1. The fraction of sp³-hybridized carbons (Fsp3) is 0.636. The Hall–Kier alpha value is -0.940. The number of aryl methyl sites for hydroxylation is 1. The number of aromatic nitrogens is 1. The average molecular weight is 240 g/mol. The van der Waals surface area contributed by atoms with Crippen molar-refractivity contribution in [3.05, 3.63) is 16.1 Å². The molecular formula is C11H20N4S. The highest BCUT2D eigenvalue weighted by Crippen LogP contribution is 2.12. The molecule has 90 valence electrons. The Balaban J connectivity index is 2.52. The molecule has 3 N–H and O–H groups in total. The molecule has 0 aliphatic rings. The van der Waals surface area contributed by atoms with Gasteiger partial charge in [0, 0.05) is 23.5 Å². The van der Waals surface area contributed by atoms with Crippen LogP contribution in [0.15, 0.2) is 5.38 Å². The van der Waals surface area contributed by atoms with Gasteiger partial charge in [-0.05, 0) is 13.5 Å². The van der Waals surface area contributed by atoms with Crippen LogP contribution < -0.4 is 5.73 Å². The molecule has 1 aromatic rings. The lowest BCUT2D eigenvalue weighted by Crippen LogP contribution is -2.34. The molecule has 1 aromatic heterocycles. The Bertz CT molecular complexity index is 348. The molecule has 5 heteroatoms. The van der Waals surface area contributed by atoms with Crippen LogP contribution in [0.5, 0.6) is 0 Å². The molecule has 0 fully saturated rings. The zero-order chi connectivity index (χ0) is 12.1. The van der Waals surface area contributed by atoms with Crippen molar-refractivity contribution in [1.29, 1.82) is 5.41 Å². The molecule has 16 heavy (non-hydrogen) atoms. The molecule has 0 aliphatic heterocycles. The van der Waals surface area contributed by atoms with Gasteiger partial charge < -0.3 is 5.73 Å². The third-order valence-corrected chi connectivity index (χ3v) is 3.49. The van der Waals surface area contributed by atoms with E-state index in [1.165, 1.54) is 0 Å². The molecule has 0 spiro atoms. The summed E-state index contributed by atoms with van der Waals surface area (Å²) in [6.07, 6.45) is 0. The van der Waals surface area contributed by atoms with Crippen LogP contribution in [-0.4, -0.2) is 28.8 Å². The van der Waals surface area contributed by atoms with Gasteiger partial charge in [0.1, 0.15) is 5.01 Å². The van der Waals surface area contributed by atoms with Gasteiger partial charge in [-0.3, -0.25) is 10.3 Å². The molecule has 0 saturated heterocycles. The molecule has 1 heterocycles. The molecule has 1 unspecified atom stereocenters. The van der Waals surface area contributed by atoms with Gasteiger partial charge >= 0.3 is 0 Å². The molecule has 0 saturated carbocycles. The van der Waals surface area contributed by atoms with Gasteiger partial charge in [-0.1, -0.05) is 13.8 Å². The van der Waals surface area contributed by atoms with Gasteiger partial charge in [0.15, 0.2) is 0 Å². The van der Waals surface area contributed by atoms with Gasteiger partial charge in [-0.15, -0.1) is 11.3 Å². The third-order valence-electron chi connectivity index (χ3n) is 2.54. The standard InChI is InChI=1S/C11H20N4S/c1-4-15(5-8(2)11(12)13)6-10-14-9(3)7-16-10/h7-8H,4-6H2,1-3H3,(H3,12,13). The normalized spacial score (nSPS) is 13.0. The topological polar surface area (TPSA) is 66.0 Å². The van der Waals surface area contributed by atoms with Crippen LogP contribution in [0.25, 0.3) is 0 Å². The first kappa shape index (κ1) is 13.1. The Kier molecular flexibility index (Phi) is 4.89. The average Bonchev–Trinajstić information content (AvgIpc) is 2.62. The fourth-order valence-corrected chi connectivity index (χ4v) is 2.27. The van der Waals surface area contributed by atoms with E-state index in [9.17, 15) is 0 Å². The van der Waals surface area contributed by atoms with Crippen LogP contribution in [0.1, 0.15) is 24.5 Å². The maximum absolute atomic E-state index is 7.39. The summed E-state index contributed by atoms with van der Waals surface area (Å²) in [7, 11) is 0. The van der Waals surface area contributed by atoms with E-state index in [1.54, 1.807) is 11.3 Å². The number of hydrogen-bond donors (Lipinski definition) is 2. The summed E-state index contributed by atoms with van der Waals surface area (Å²) in [5, 5.41) is 10.6. The Morgan fingerprint density at radius 2 is 2.38 bits per heavy atom. The zero-order valence-corrected chi connectivity index (χ0v) is 11.0. The van der Waals surface area contributed by atoms with Crippen LogP contribution >= 0.6 is 11.3 Å². The third kappa shape index (κ3) is 3.90. The van der Waals surface area contributed by atoms with Crippen molar-refractivity contribution in [2.45, 2.75) is 27.3 Å². The molecule has 0 bridgehead atoms. The van der Waals surface area contributed by atoms with E-state index in [0.717, 1.165) is 30.3 Å². The minimum Gasteiger partial charge on any atom is -0.387 e. The van der Waals surface area contributed by atoms with Crippen LogP contribution in [0.4, 0.5) is 0 Å². The summed E-state index contributed by atoms with van der Waals surface area (Å²) < 4.78 is 0. The minimum atomic E-state index is 0.112. The van der Waals surface area contributed by atoms with Crippen molar-refractivity contribution in [2.24, 2.45) is 11.7 Å². The highest BCUT2D eigenvalue weighted by molar-refractivity contribution is 7.09. The van der Waals surface area contributed by atoms with Crippen molar-refractivity contribution >= 4 is 17.2 Å². The zero-order valence-electron chi connectivity index (χ0n) is 10.2. The largest absolute Gasteiger partial charge is 0.387 e. The highest BCUT2D eigenvalue weighted by Gasteiger charge is 2.12. The second kappa shape index (κ2) is 5.96. The van der Waals surface area contributed by atoms with E-state index in [-0.39, 0.29) is 11.8 Å². The lowest BCUT2D eigenvalue weighted by Gasteiger charge is -2.22. The molecule has 0 aliphatic carbocycles. The first-order valence-electron chi connectivity index (χ1n) is 5.50. The van der Waals surface area contributed by atoms with Crippen molar-refractivity contribution in [3.63, 3.8) is 0 Å². The molecule has 0 aromatic carbocycles. The Labute approximate surface area is 101 Å². The van der Waals surface area contributed by atoms with Gasteiger partial charge in [-0.25, -0.2) is 4.98 Å². The van der Waals surface area contributed by atoms with Crippen molar-refractivity contribution in [1.82, 2.24) is 9.88 Å². The first-order valence-corrected chi connectivity index (χ1v) is 6.38. The smallest absolute Gasteiger partial charge is 0.107 e. The van der Waals surface area contributed by atoms with Gasteiger partial charge in [0.05, 0.1) is 12.4 Å². The molecule has 1 rings (SSSR count). The van der Waals surface area contributed by atoms with E-state index in [1.807, 2.05) is 13.8 Å². The van der Waals surface area contributed by atoms with E-state index < -0.39 is 0 Å². The Morgan fingerprint density at radius 1 is 1.69 bits per heavy atom. The van der Waals surface area contributed by atoms with Crippen LogP contribution in [0.3, 0.4) is 0 Å². The van der Waals surface area contributed by atoms with Crippen LogP contribution in [-0.2, 0) is 6.54 Å². The van der Waals surface area contributed by atoms with Crippen LogP contribution in [0, 0.1) is 18.3 Å².